The van der Waals surface area contributed by atoms with Gasteiger partial charge in [0, 0.05) is 6.04 Å². The van der Waals surface area contributed by atoms with Crippen LogP contribution in [-0.4, -0.2) is 16.9 Å². The number of rotatable bonds is 3. The predicted octanol–water partition coefficient (Wildman–Crippen LogP) is 2.88. The summed E-state index contributed by atoms with van der Waals surface area (Å²) in [7, 11) is 0. The molecule has 0 bridgehead atoms. The molecule has 0 aromatic heterocycles. The van der Waals surface area contributed by atoms with Crippen molar-refractivity contribution in [2.45, 2.75) is 45.6 Å². The molecule has 0 saturated heterocycles. The minimum absolute atomic E-state index is 0.00299. The van der Waals surface area contributed by atoms with Crippen LogP contribution in [0.4, 0.5) is 11.4 Å². The number of nitrogen functional groups attached to an aromatic ring is 1. The second-order valence-electron chi connectivity index (χ2n) is 6.26. The molecule has 0 radical (unpaired) electrons. The van der Waals surface area contributed by atoms with Crippen LogP contribution in [0, 0.1) is 15.5 Å². The first-order chi connectivity index (χ1) is 9.83. The number of nitrogens with one attached hydrogen (secondary N) is 1. The molecule has 1 saturated carbocycles. The van der Waals surface area contributed by atoms with E-state index in [2.05, 4.69) is 19.2 Å². The number of hydrogen-bond donors (Lipinski definition) is 2. The van der Waals surface area contributed by atoms with Gasteiger partial charge in [0.25, 0.3) is 5.91 Å². The molecule has 114 valence electrons. The average Bonchev–Trinajstić information content (AvgIpc) is 2.40. The van der Waals surface area contributed by atoms with Crippen molar-refractivity contribution in [3.8, 4) is 0 Å². The van der Waals surface area contributed by atoms with Gasteiger partial charge in [0.05, 0.1) is 4.92 Å². The molecule has 0 spiro atoms. The Balaban J connectivity index is 2.25. The Kier molecular flexibility index (Phi) is 4.16. The van der Waals surface area contributed by atoms with E-state index in [0.29, 0.717) is 0 Å². The third-order valence-electron chi connectivity index (χ3n) is 4.31. The number of carbonyl (C=O) groups excluding carboxylic acids is 1. The van der Waals surface area contributed by atoms with E-state index in [1.165, 1.54) is 12.1 Å². The monoisotopic (exact) mass is 291 g/mol. The number of amides is 1. The van der Waals surface area contributed by atoms with Crippen molar-refractivity contribution >= 4 is 17.3 Å². The summed E-state index contributed by atoms with van der Waals surface area (Å²) in [5, 5.41) is 14.1. The fourth-order valence-electron chi connectivity index (χ4n) is 2.95. The Morgan fingerprint density at radius 3 is 2.76 bits per heavy atom. The number of carbonyl (C=O) groups is 1. The number of benzene rings is 1. The van der Waals surface area contributed by atoms with Gasteiger partial charge in [0.15, 0.2) is 0 Å². The SMILES string of the molecule is CC1(C)CCCCC1NC(=O)c1cccc(N)c1[N+](=O)[O-]. The largest absolute Gasteiger partial charge is 0.393 e. The van der Waals surface area contributed by atoms with Gasteiger partial charge in [0.1, 0.15) is 11.3 Å². The van der Waals surface area contributed by atoms with Gasteiger partial charge < -0.3 is 11.1 Å². The maximum Gasteiger partial charge on any atom is 0.304 e. The van der Waals surface area contributed by atoms with Crippen LogP contribution in [0.3, 0.4) is 0 Å². The number of anilines is 1. The summed E-state index contributed by atoms with van der Waals surface area (Å²) in [5.74, 6) is -0.422. The van der Waals surface area contributed by atoms with Crippen molar-refractivity contribution < 1.29 is 9.72 Å². The first kappa shape index (κ1) is 15.3. The predicted molar refractivity (Wildman–Crippen MR) is 81.0 cm³/mol. The number of nitrogens with two attached hydrogens (primary N) is 1. The van der Waals surface area contributed by atoms with E-state index in [4.69, 9.17) is 5.73 Å². The molecule has 21 heavy (non-hydrogen) atoms. The van der Waals surface area contributed by atoms with Gasteiger partial charge in [0.2, 0.25) is 0 Å². The standard InChI is InChI=1S/C15H21N3O3/c1-15(2)9-4-3-8-12(15)17-14(19)10-6-5-7-11(16)13(10)18(20)21/h5-7,12H,3-4,8-9,16H2,1-2H3,(H,17,19). The van der Waals surface area contributed by atoms with Gasteiger partial charge in [-0.2, -0.15) is 0 Å². The van der Waals surface area contributed by atoms with Crippen molar-refractivity contribution in [2.75, 3.05) is 5.73 Å². The average molecular weight is 291 g/mol. The third-order valence-corrected chi connectivity index (χ3v) is 4.31. The van der Waals surface area contributed by atoms with E-state index >= 15 is 0 Å². The molecule has 0 aliphatic heterocycles. The molecule has 0 heterocycles. The highest BCUT2D eigenvalue weighted by molar-refractivity contribution is 6.00. The number of nitrogens with zero attached hydrogens (tertiary/aromatic N) is 1. The zero-order valence-corrected chi connectivity index (χ0v) is 12.4. The Hall–Kier alpha value is -2.11. The molecule has 1 atom stereocenters. The van der Waals surface area contributed by atoms with Crippen LogP contribution in [-0.2, 0) is 0 Å². The Morgan fingerprint density at radius 2 is 2.14 bits per heavy atom. The summed E-state index contributed by atoms with van der Waals surface area (Å²) in [6.45, 7) is 4.23. The van der Waals surface area contributed by atoms with E-state index in [1.54, 1.807) is 6.07 Å². The van der Waals surface area contributed by atoms with Gasteiger partial charge in [-0.1, -0.05) is 32.8 Å². The summed E-state index contributed by atoms with van der Waals surface area (Å²) in [5.41, 5.74) is 5.35. The van der Waals surface area contributed by atoms with Crippen molar-refractivity contribution in [2.24, 2.45) is 5.41 Å². The number of para-hydroxylation sites is 1. The summed E-state index contributed by atoms with van der Waals surface area (Å²) in [6, 6.07) is 4.46. The molecule has 3 N–H and O–H groups in total. The zero-order chi connectivity index (χ0) is 15.6. The van der Waals surface area contributed by atoms with Crippen LogP contribution >= 0.6 is 0 Å². The van der Waals surface area contributed by atoms with Crippen LogP contribution < -0.4 is 11.1 Å². The topological polar surface area (TPSA) is 98.3 Å². The lowest BCUT2D eigenvalue weighted by Crippen LogP contribution is -2.46. The molecule has 2 rings (SSSR count). The lowest BCUT2D eigenvalue weighted by molar-refractivity contribution is -0.384. The Labute approximate surface area is 123 Å². The number of nitro groups is 1. The van der Waals surface area contributed by atoms with Crippen LogP contribution in [0.2, 0.25) is 0 Å². The second kappa shape index (κ2) is 5.71. The molecule has 1 aromatic rings. The molecule has 1 aromatic carbocycles. The zero-order valence-electron chi connectivity index (χ0n) is 12.4. The highest BCUT2D eigenvalue weighted by Gasteiger charge is 2.34. The normalized spacial score (nSPS) is 20.8. The summed E-state index contributed by atoms with van der Waals surface area (Å²) in [4.78, 5) is 22.9. The maximum absolute atomic E-state index is 12.4. The van der Waals surface area contributed by atoms with E-state index in [9.17, 15) is 14.9 Å². The van der Waals surface area contributed by atoms with Crippen molar-refractivity contribution in [3.05, 3.63) is 33.9 Å². The van der Waals surface area contributed by atoms with E-state index in [-0.39, 0.29) is 28.4 Å². The van der Waals surface area contributed by atoms with Crippen LogP contribution in [0.25, 0.3) is 0 Å². The fraction of sp³-hybridized carbons (Fsp3) is 0.533. The van der Waals surface area contributed by atoms with Crippen LogP contribution in [0.5, 0.6) is 0 Å². The smallest absolute Gasteiger partial charge is 0.304 e. The number of nitro benzene ring substituents is 1. The second-order valence-corrected chi connectivity index (χ2v) is 6.26. The molecule has 1 amide bonds. The molecule has 1 fully saturated rings. The summed E-state index contributed by atoms with van der Waals surface area (Å²) >= 11 is 0. The van der Waals surface area contributed by atoms with E-state index in [1.807, 2.05) is 0 Å². The van der Waals surface area contributed by atoms with E-state index in [0.717, 1.165) is 25.7 Å². The van der Waals surface area contributed by atoms with Gasteiger partial charge >= 0.3 is 5.69 Å². The lowest BCUT2D eigenvalue weighted by atomic mass is 9.73. The highest BCUT2D eigenvalue weighted by atomic mass is 16.6. The molecule has 1 unspecified atom stereocenters. The summed E-state index contributed by atoms with van der Waals surface area (Å²) < 4.78 is 0. The summed E-state index contributed by atoms with van der Waals surface area (Å²) in [6.07, 6.45) is 4.15. The molecular formula is C15H21N3O3. The minimum atomic E-state index is -0.601. The van der Waals surface area contributed by atoms with Crippen molar-refractivity contribution in [3.63, 3.8) is 0 Å². The van der Waals surface area contributed by atoms with Crippen LogP contribution in [0.15, 0.2) is 18.2 Å². The lowest BCUT2D eigenvalue weighted by Gasteiger charge is -2.39. The van der Waals surface area contributed by atoms with Crippen LogP contribution in [0.1, 0.15) is 49.9 Å². The maximum atomic E-state index is 12.4. The molecular weight excluding hydrogens is 270 g/mol. The Bertz CT molecular complexity index is 569. The highest BCUT2D eigenvalue weighted by Crippen LogP contribution is 2.36. The minimum Gasteiger partial charge on any atom is -0.393 e. The van der Waals surface area contributed by atoms with Gasteiger partial charge in [-0.25, -0.2) is 0 Å². The van der Waals surface area contributed by atoms with Crippen molar-refractivity contribution in [1.29, 1.82) is 0 Å². The fourth-order valence-corrected chi connectivity index (χ4v) is 2.95. The molecule has 6 heteroatoms. The number of hydrogen-bond acceptors (Lipinski definition) is 4. The van der Waals surface area contributed by atoms with Crippen molar-refractivity contribution in [1.82, 2.24) is 5.32 Å². The first-order valence-corrected chi connectivity index (χ1v) is 7.16. The first-order valence-electron chi connectivity index (χ1n) is 7.16. The quantitative estimate of drug-likeness (QED) is 0.508. The Morgan fingerprint density at radius 1 is 1.43 bits per heavy atom. The van der Waals surface area contributed by atoms with Gasteiger partial charge in [-0.05, 0) is 30.4 Å². The van der Waals surface area contributed by atoms with Gasteiger partial charge in [-0.3, -0.25) is 14.9 Å². The molecule has 6 nitrogen and oxygen atoms in total. The molecule has 1 aliphatic carbocycles. The molecule has 1 aliphatic rings. The third kappa shape index (κ3) is 3.15. The van der Waals surface area contributed by atoms with Gasteiger partial charge in [-0.15, -0.1) is 0 Å². The van der Waals surface area contributed by atoms with E-state index < -0.39 is 10.8 Å².